The topological polar surface area (TPSA) is 17.1 Å². The molecule has 20 heavy (non-hydrogen) atoms. The number of halogens is 1. The van der Waals surface area contributed by atoms with Crippen molar-refractivity contribution in [3.63, 3.8) is 0 Å². The molecule has 0 amide bonds. The monoisotopic (exact) mass is 328 g/mol. The number of aryl methyl sites for hydroxylation is 3. The largest absolute Gasteiger partial charge is 0.289 e. The Bertz CT molecular complexity index is 643. The summed E-state index contributed by atoms with van der Waals surface area (Å²) >= 11 is 3.40. The maximum atomic E-state index is 12.3. The summed E-state index contributed by atoms with van der Waals surface area (Å²) < 4.78 is 1.03. The van der Waals surface area contributed by atoms with Gasteiger partial charge in [-0.05, 0) is 55.7 Å². The van der Waals surface area contributed by atoms with Crippen LogP contribution in [-0.2, 0) is 0 Å². The molecule has 0 aliphatic rings. The first kappa shape index (κ1) is 14.7. The van der Waals surface area contributed by atoms with E-state index in [2.05, 4.69) is 15.9 Å². The van der Waals surface area contributed by atoms with Crippen LogP contribution in [0.4, 0.5) is 0 Å². The molecule has 0 fully saturated rings. The maximum absolute atomic E-state index is 12.3. The number of allylic oxidation sites excluding steroid dienone is 1. The van der Waals surface area contributed by atoms with Crippen molar-refractivity contribution in [2.24, 2.45) is 0 Å². The van der Waals surface area contributed by atoms with E-state index in [4.69, 9.17) is 0 Å². The first-order valence-corrected chi connectivity index (χ1v) is 7.32. The molecule has 0 heterocycles. The summed E-state index contributed by atoms with van der Waals surface area (Å²) in [5.41, 5.74) is 5.09. The second-order valence-corrected chi connectivity index (χ2v) is 5.94. The van der Waals surface area contributed by atoms with Crippen LogP contribution < -0.4 is 0 Å². The summed E-state index contributed by atoms with van der Waals surface area (Å²) in [5.74, 6) is 0.0583. The van der Waals surface area contributed by atoms with Crippen LogP contribution in [0.3, 0.4) is 0 Å². The smallest absolute Gasteiger partial charge is 0.186 e. The van der Waals surface area contributed by atoms with Crippen molar-refractivity contribution in [1.82, 2.24) is 0 Å². The van der Waals surface area contributed by atoms with Crippen LogP contribution in [0, 0.1) is 20.8 Å². The van der Waals surface area contributed by atoms with Gasteiger partial charge in [0.25, 0.3) is 0 Å². The molecule has 2 rings (SSSR count). The molecule has 0 saturated carbocycles. The number of hydrogen-bond donors (Lipinski definition) is 0. The first-order chi connectivity index (χ1) is 9.47. The summed E-state index contributed by atoms with van der Waals surface area (Å²) in [6.07, 6.45) is 3.50. The number of carbonyl (C=O) groups is 1. The standard InChI is InChI=1S/C18H17BrO/c1-12-10-13(2)18(14(3)11-12)17(20)9-6-15-4-7-16(19)8-5-15/h4-11H,1-3H3. The van der Waals surface area contributed by atoms with Gasteiger partial charge < -0.3 is 0 Å². The lowest BCUT2D eigenvalue weighted by Gasteiger charge is -2.08. The minimum atomic E-state index is 0.0583. The third-order valence-corrected chi connectivity index (χ3v) is 3.75. The molecule has 0 aromatic heterocycles. The molecule has 0 aliphatic heterocycles. The Balaban J connectivity index is 2.26. The fraction of sp³-hybridized carbons (Fsp3) is 0.167. The predicted octanol–water partition coefficient (Wildman–Crippen LogP) is 5.27. The van der Waals surface area contributed by atoms with Crippen molar-refractivity contribution < 1.29 is 4.79 Å². The van der Waals surface area contributed by atoms with Crippen LogP contribution in [0.15, 0.2) is 46.9 Å². The second kappa shape index (κ2) is 6.19. The Hall–Kier alpha value is -1.67. The number of hydrogen-bond acceptors (Lipinski definition) is 1. The average Bonchev–Trinajstić information content (AvgIpc) is 2.37. The summed E-state index contributed by atoms with van der Waals surface area (Å²) in [5, 5.41) is 0. The lowest BCUT2D eigenvalue weighted by Crippen LogP contribution is -2.02. The molecule has 2 heteroatoms. The SMILES string of the molecule is Cc1cc(C)c(C(=O)C=Cc2ccc(Br)cc2)c(C)c1. The highest BCUT2D eigenvalue weighted by atomic mass is 79.9. The fourth-order valence-electron chi connectivity index (χ4n) is 2.40. The molecule has 2 aromatic rings. The van der Waals surface area contributed by atoms with Crippen molar-refractivity contribution in [1.29, 1.82) is 0 Å². The van der Waals surface area contributed by atoms with E-state index in [1.54, 1.807) is 6.08 Å². The first-order valence-electron chi connectivity index (χ1n) is 6.53. The molecule has 0 aliphatic carbocycles. The number of carbonyl (C=O) groups excluding carboxylic acids is 1. The lowest BCUT2D eigenvalue weighted by atomic mass is 9.96. The van der Waals surface area contributed by atoms with Crippen LogP contribution in [0.2, 0.25) is 0 Å². The number of benzene rings is 2. The molecule has 0 N–H and O–H groups in total. The molecular formula is C18H17BrO. The molecule has 2 aromatic carbocycles. The van der Waals surface area contributed by atoms with Gasteiger partial charge in [0, 0.05) is 10.0 Å². The van der Waals surface area contributed by atoms with Crippen LogP contribution in [0.5, 0.6) is 0 Å². The number of rotatable bonds is 3. The van der Waals surface area contributed by atoms with Crippen LogP contribution >= 0.6 is 15.9 Å². The Morgan fingerprint density at radius 1 is 1.00 bits per heavy atom. The van der Waals surface area contributed by atoms with E-state index in [0.717, 1.165) is 26.7 Å². The van der Waals surface area contributed by atoms with E-state index in [9.17, 15) is 4.79 Å². The van der Waals surface area contributed by atoms with Gasteiger partial charge in [-0.2, -0.15) is 0 Å². The van der Waals surface area contributed by atoms with Crippen LogP contribution in [-0.4, -0.2) is 5.78 Å². The Kier molecular flexibility index (Phi) is 4.56. The third-order valence-electron chi connectivity index (χ3n) is 3.22. The van der Waals surface area contributed by atoms with Gasteiger partial charge in [-0.3, -0.25) is 4.79 Å². The summed E-state index contributed by atoms with van der Waals surface area (Å²) in [7, 11) is 0. The van der Waals surface area contributed by atoms with Crippen molar-refractivity contribution in [3.8, 4) is 0 Å². The molecule has 0 atom stereocenters. The molecular weight excluding hydrogens is 312 g/mol. The van der Waals surface area contributed by atoms with Crippen molar-refractivity contribution in [2.75, 3.05) is 0 Å². The van der Waals surface area contributed by atoms with E-state index in [-0.39, 0.29) is 5.78 Å². The highest BCUT2D eigenvalue weighted by Crippen LogP contribution is 2.18. The highest BCUT2D eigenvalue weighted by molar-refractivity contribution is 9.10. The number of ketones is 1. The van der Waals surface area contributed by atoms with Gasteiger partial charge in [0.1, 0.15) is 0 Å². The third kappa shape index (κ3) is 3.45. The molecule has 0 spiro atoms. The van der Waals surface area contributed by atoms with Crippen molar-refractivity contribution in [3.05, 3.63) is 74.8 Å². The lowest BCUT2D eigenvalue weighted by molar-refractivity contribution is 0.104. The van der Waals surface area contributed by atoms with Crippen molar-refractivity contribution in [2.45, 2.75) is 20.8 Å². The van der Waals surface area contributed by atoms with Crippen molar-refractivity contribution >= 4 is 27.8 Å². The molecule has 0 saturated heterocycles. The van der Waals surface area contributed by atoms with Gasteiger partial charge >= 0.3 is 0 Å². The molecule has 0 unspecified atom stereocenters. The Morgan fingerprint density at radius 3 is 2.10 bits per heavy atom. The molecule has 0 radical (unpaired) electrons. The van der Waals surface area contributed by atoms with Gasteiger partial charge in [-0.15, -0.1) is 0 Å². The quantitative estimate of drug-likeness (QED) is 0.554. The summed E-state index contributed by atoms with van der Waals surface area (Å²) in [4.78, 5) is 12.3. The van der Waals surface area contributed by atoms with Crippen LogP contribution in [0.25, 0.3) is 6.08 Å². The van der Waals surface area contributed by atoms with E-state index < -0.39 is 0 Å². The average molecular weight is 329 g/mol. The normalized spacial score (nSPS) is 11.0. The van der Waals surface area contributed by atoms with E-state index >= 15 is 0 Å². The van der Waals surface area contributed by atoms with E-state index in [1.807, 2.05) is 63.2 Å². The summed E-state index contributed by atoms with van der Waals surface area (Å²) in [6, 6.07) is 12.0. The van der Waals surface area contributed by atoms with E-state index in [0.29, 0.717) is 0 Å². The highest BCUT2D eigenvalue weighted by Gasteiger charge is 2.09. The minimum absolute atomic E-state index is 0.0583. The maximum Gasteiger partial charge on any atom is 0.186 e. The predicted molar refractivity (Wildman–Crippen MR) is 88.2 cm³/mol. The molecule has 1 nitrogen and oxygen atoms in total. The zero-order valence-electron chi connectivity index (χ0n) is 11.9. The second-order valence-electron chi connectivity index (χ2n) is 5.02. The van der Waals surface area contributed by atoms with Gasteiger partial charge in [0.15, 0.2) is 5.78 Å². The molecule has 102 valence electrons. The summed E-state index contributed by atoms with van der Waals surface area (Å²) in [6.45, 7) is 6.02. The van der Waals surface area contributed by atoms with Crippen LogP contribution in [0.1, 0.15) is 32.6 Å². The fourth-order valence-corrected chi connectivity index (χ4v) is 2.66. The van der Waals surface area contributed by atoms with Gasteiger partial charge in [-0.1, -0.05) is 51.8 Å². The molecule has 0 bridgehead atoms. The van der Waals surface area contributed by atoms with Gasteiger partial charge in [0.2, 0.25) is 0 Å². The zero-order chi connectivity index (χ0) is 14.7. The Labute approximate surface area is 128 Å². The van der Waals surface area contributed by atoms with E-state index in [1.165, 1.54) is 5.56 Å². The zero-order valence-corrected chi connectivity index (χ0v) is 13.5. The Morgan fingerprint density at radius 2 is 1.55 bits per heavy atom. The van der Waals surface area contributed by atoms with Gasteiger partial charge in [0.05, 0.1) is 0 Å². The minimum Gasteiger partial charge on any atom is -0.289 e. The van der Waals surface area contributed by atoms with Gasteiger partial charge in [-0.25, -0.2) is 0 Å².